The van der Waals surface area contributed by atoms with E-state index in [1.807, 2.05) is 61.7 Å². The lowest BCUT2D eigenvalue weighted by atomic mass is 10.2. The van der Waals surface area contributed by atoms with Crippen LogP contribution in [0.3, 0.4) is 0 Å². The molecule has 6 heterocycles. The summed E-state index contributed by atoms with van der Waals surface area (Å²) in [7, 11) is 1.49. The molecule has 59 heavy (non-hydrogen) atoms. The van der Waals surface area contributed by atoms with Gasteiger partial charge in [0, 0.05) is 85.3 Å². The summed E-state index contributed by atoms with van der Waals surface area (Å²) in [5.41, 5.74) is 0.620. The van der Waals surface area contributed by atoms with Gasteiger partial charge < -0.3 is 21.3 Å². The standard InChI is InChI=1S/C19H23N7O2S.C15H18IN5S.C5H3FIN/c1-25-17(27)11-26(19(25)28)14-5-6-16(20-8-14)23-12-3-4-13(7-12)24-18-21-9-15(29-2)10-22-18;1-22-13-8-18-15(19-9-13)21-12-4-3-11(6-12)20-14-5-2-10(16)7-17-14;6-5-2-1-4(7)3-8-5/h5-6,8-10,12-13H,3-4,7,11H2,1-2H3,(H,20,23)(H,21,22,24);2,5,7-9,11-12H,3-4,6H2,1H3,(H,17,20)(H,18,19,21);1-3H/t12-,13-;11-,12-;/m00./s1. The monoisotopic (exact) mass is 1060 g/mol. The molecule has 310 valence electrons. The number of thioether (sulfide) groups is 2. The largest absolute Gasteiger partial charge is 0.367 e. The molecule has 4 N–H and O–H groups in total. The van der Waals surface area contributed by atoms with Gasteiger partial charge in [0.1, 0.15) is 18.2 Å². The molecule has 1 aliphatic heterocycles. The van der Waals surface area contributed by atoms with Gasteiger partial charge in [0.25, 0.3) is 0 Å². The van der Waals surface area contributed by atoms with Crippen LogP contribution in [-0.4, -0.2) is 102 Å². The van der Waals surface area contributed by atoms with Crippen molar-refractivity contribution in [3.63, 3.8) is 0 Å². The van der Waals surface area contributed by atoms with Crippen molar-refractivity contribution in [2.45, 2.75) is 72.5 Å². The zero-order valence-electron chi connectivity index (χ0n) is 32.6. The molecule has 0 unspecified atom stereocenters. The number of imide groups is 1. The Morgan fingerprint density at radius 1 is 0.610 bits per heavy atom. The van der Waals surface area contributed by atoms with Crippen LogP contribution in [0.25, 0.3) is 0 Å². The Morgan fingerprint density at radius 2 is 1.07 bits per heavy atom. The summed E-state index contributed by atoms with van der Waals surface area (Å²) >= 11 is 7.61. The second-order valence-corrected chi connectivity index (χ2v) is 18.0. The Labute approximate surface area is 378 Å². The van der Waals surface area contributed by atoms with Gasteiger partial charge in [0.05, 0.1) is 11.9 Å². The highest BCUT2D eigenvalue weighted by Gasteiger charge is 2.34. The number of aromatic nitrogens is 7. The topological polar surface area (TPSA) is 179 Å². The number of amides is 3. The van der Waals surface area contributed by atoms with Crippen LogP contribution in [0.5, 0.6) is 0 Å². The zero-order valence-corrected chi connectivity index (χ0v) is 38.5. The first kappa shape index (κ1) is 44.4. The lowest BCUT2D eigenvalue weighted by molar-refractivity contribution is -0.123. The summed E-state index contributed by atoms with van der Waals surface area (Å²) in [6.07, 6.45) is 22.7. The minimum absolute atomic E-state index is 0.0553. The third-order valence-corrected chi connectivity index (χ3v) is 12.3. The number of nitrogens with zero attached hydrogens (tertiary/aromatic N) is 9. The van der Waals surface area contributed by atoms with Crippen molar-refractivity contribution < 1.29 is 14.0 Å². The summed E-state index contributed by atoms with van der Waals surface area (Å²) in [5, 5.41) is 13.8. The third-order valence-electron chi connectivity index (χ3n) is 9.63. The van der Waals surface area contributed by atoms with Gasteiger partial charge in [-0.3, -0.25) is 14.6 Å². The first-order valence-electron chi connectivity index (χ1n) is 18.8. The fourth-order valence-corrected chi connectivity index (χ4v) is 7.78. The van der Waals surface area contributed by atoms with Gasteiger partial charge in [-0.25, -0.2) is 39.7 Å². The first-order chi connectivity index (χ1) is 28.5. The molecule has 1 saturated heterocycles. The molecule has 3 amide bonds. The number of carbonyl (C=O) groups is 2. The summed E-state index contributed by atoms with van der Waals surface area (Å²) in [4.78, 5) is 58.1. The summed E-state index contributed by atoms with van der Waals surface area (Å²) in [5.74, 6) is 2.44. The Bertz CT molecular complexity index is 2090. The van der Waals surface area contributed by atoms with E-state index in [9.17, 15) is 14.0 Å². The lowest BCUT2D eigenvalue weighted by Gasteiger charge is -2.17. The Balaban J connectivity index is 0.000000171. The van der Waals surface area contributed by atoms with Crippen LogP contribution in [0.4, 0.5) is 38.4 Å². The second-order valence-electron chi connectivity index (χ2n) is 13.8. The summed E-state index contributed by atoms with van der Waals surface area (Å²) in [6, 6.07) is 11.9. The van der Waals surface area contributed by atoms with Gasteiger partial charge >= 0.3 is 6.03 Å². The number of hydrogen-bond acceptors (Lipinski definition) is 15. The number of nitrogens with one attached hydrogen (secondary N) is 4. The van der Waals surface area contributed by atoms with Crippen LogP contribution >= 0.6 is 68.7 Å². The number of halogens is 3. The van der Waals surface area contributed by atoms with Crippen LogP contribution in [0.2, 0.25) is 0 Å². The molecular weight excluding hydrogens is 1020 g/mol. The van der Waals surface area contributed by atoms with E-state index in [0.717, 1.165) is 77.9 Å². The number of urea groups is 1. The first-order valence-corrected chi connectivity index (χ1v) is 23.4. The smallest absolute Gasteiger partial charge is 0.331 e. The lowest BCUT2D eigenvalue weighted by Crippen LogP contribution is -2.29. The second kappa shape index (κ2) is 21.9. The maximum absolute atomic E-state index is 12.1. The molecule has 0 bridgehead atoms. The normalized spacial score (nSPS) is 19.7. The van der Waals surface area contributed by atoms with E-state index in [4.69, 9.17) is 0 Å². The van der Waals surface area contributed by atoms with E-state index < -0.39 is 5.95 Å². The molecule has 15 nitrogen and oxygen atoms in total. The van der Waals surface area contributed by atoms with Crippen LogP contribution < -0.4 is 26.2 Å². The van der Waals surface area contributed by atoms with Crippen LogP contribution in [0.15, 0.2) is 89.6 Å². The van der Waals surface area contributed by atoms with Crippen LogP contribution in [0, 0.1) is 13.1 Å². The highest BCUT2D eigenvalue weighted by Crippen LogP contribution is 2.27. The predicted octanol–water partition coefficient (Wildman–Crippen LogP) is 7.91. The van der Waals surface area contributed by atoms with Gasteiger partial charge in [-0.15, -0.1) is 23.5 Å². The molecule has 5 aromatic heterocycles. The Morgan fingerprint density at radius 3 is 1.44 bits per heavy atom. The Kier molecular flexibility index (Phi) is 16.5. The van der Waals surface area contributed by atoms with Crippen molar-refractivity contribution in [3.05, 3.63) is 92.9 Å². The van der Waals surface area contributed by atoms with Gasteiger partial charge in [0.2, 0.25) is 23.8 Å². The van der Waals surface area contributed by atoms with E-state index >= 15 is 0 Å². The van der Waals surface area contributed by atoms with E-state index in [1.165, 1.54) is 24.2 Å². The van der Waals surface area contributed by atoms with Crippen molar-refractivity contribution >= 4 is 110 Å². The van der Waals surface area contributed by atoms with E-state index in [2.05, 4.69) is 107 Å². The molecule has 5 aromatic rings. The number of carbonyl (C=O) groups excluding carboxylic acids is 2. The van der Waals surface area contributed by atoms with E-state index in [1.54, 1.807) is 35.8 Å². The van der Waals surface area contributed by atoms with Crippen molar-refractivity contribution in [2.24, 2.45) is 0 Å². The van der Waals surface area contributed by atoms with E-state index in [-0.39, 0.29) is 18.5 Å². The number of pyridine rings is 3. The molecule has 2 aliphatic carbocycles. The number of likely N-dealkylation sites (N-methyl/N-ethyl adjacent to an activating group) is 1. The van der Waals surface area contributed by atoms with Crippen LogP contribution in [0.1, 0.15) is 38.5 Å². The average Bonchev–Trinajstić information content (AvgIpc) is 3.97. The molecule has 20 heteroatoms. The highest BCUT2D eigenvalue weighted by molar-refractivity contribution is 14.1. The highest BCUT2D eigenvalue weighted by atomic mass is 127. The molecule has 0 spiro atoms. The minimum Gasteiger partial charge on any atom is -0.367 e. The van der Waals surface area contributed by atoms with Gasteiger partial charge in [0.15, 0.2) is 0 Å². The van der Waals surface area contributed by atoms with Crippen molar-refractivity contribution in [2.75, 3.05) is 52.3 Å². The zero-order chi connectivity index (χ0) is 41.7. The molecule has 4 atom stereocenters. The average molecular weight is 1060 g/mol. The minimum atomic E-state index is -0.426. The van der Waals surface area contributed by atoms with Crippen molar-refractivity contribution in [1.82, 2.24) is 39.8 Å². The van der Waals surface area contributed by atoms with Gasteiger partial charge in [-0.2, -0.15) is 4.39 Å². The SMILES string of the molecule is CSc1cnc(N[C@H]2CC[C@H](Nc3ccc(I)cn3)C2)nc1.CSc1cnc(N[C@H]2CC[C@H](Nc3ccc(N4CC(=O)N(C)C4=O)cn3)C2)nc1.Fc1ccc(I)cn1. The molecule has 0 aromatic carbocycles. The van der Waals surface area contributed by atoms with E-state index in [0.29, 0.717) is 35.8 Å². The fourth-order valence-electron chi connectivity index (χ4n) is 6.51. The van der Waals surface area contributed by atoms with Crippen molar-refractivity contribution in [3.8, 4) is 0 Å². The van der Waals surface area contributed by atoms with Crippen LogP contribution in [-0.2, 0) is 4.79 Å². The maximum atomic E-state index is 12.1. The maximum Gasteiger partial charge on any atom is 0.331 e. The van der Waals surface area contributed by atoms with Gasteiger partial charge in [-0.1, -0.05) is 0 Å². The van der Waals surface area contributed by atoms with Crippen molar-refractivity contribution in [1.29, 1.82) is 0 Å². The molecule has 8 rings (SSSR count). The third kappa shape index (κ3) is 13.4. The number of rotatable bonds is 11. The molecular formula is C39H44FI2N13O2S2. The molecule has 0 radical (unpaired) electrons. The molecule has 2 saturated carbocycles. The Hall–Kier alpha value is -4.16. The quantitative estimate of drug-likeness (QED) is 0.0434. The number of hydrogen-bond donors (Lipinski definition) is 4. The summed E-state index contributed by atoms with van der Waals surface area (Å²) in [6.45, 7) is 0.0553. The fraction of sp³-hybridized carbons (Fsp3) is 0.359. The molecule has 3 fully saturated rings. The molecule has 3 aliphatic rings. The number of anilines is 5. The van der Waals surface area contributed by atoms with Gasteiger partial charge in [-0.05, 0) is 133 Å². The summed E-state index contributed by atoms with van der Waals surface area (Å²) < 4.78 is 14.1. The predicted molar refractivity (Wildman–Crippen MR) is 249 cm³/mol.